The van der Waals surface area contributed by atoms with Crippen molar-refractivity contribution >= 4 is 40.6 Å². The Morgan fingerprint density at radius 2 is 1.71 bits per heavy atom. The number of halogens is 7. The SMILES string of the molecule is Fc1c(Cl)cc(C2(C(F)(F)F)CC(c3ccc4c(c3)COC43CN(Cl)C3)=CO2)cc1Cl. The number of ether oxygens (including phenoxy) is 2. The monoisotopic (exact) mass is 493 g/mol. The zero-order valence-electron chi connectivity index (χ0n) is 15.7. The number of rotatable bonds is 2. The third-order valence-electron chi connectivity index (χ3n) is 6.07. The van der Waals surface area contributed by atoms with Crippen molar-refractivity contribution in [3.05, 3.63) is 74.7 Å². The summed E-state index contributed by atoms with van der Waals surface area (Å²) in [6, 6.07) is 7.23. The maximum absolute atomic E-state index is 14.2. The van der Waals surface area contributed by atoms with Crippen molar-refractivity contribution in [2.75, 3.05) is 13.1 Å². The van der Waals surface area contributed by atoms with Crippen molar-refractivity contribution in [1.82, 2.24) is 4.42 Å². The fourth-order valence-electron chi connectivity index (χ4n) is 4.40. The lowest BCUT2D eigenvalue weighted by atomic mass is 9.83. The largest absolute Gasteiger partial charge is 0.480 e. The van der Waals surface area contributed by atoms with Crippen LogP contribution in [0.4, 0.5) is 17.6 Å². The maximum Gasteiger partial charge on any atom is 0.432 e. The number of nitrogens with zero attached hydrogens (tertiary/aromatic N) is 1. The maximum atomic E-state index is 14.2. The van der Waals surface area contributed by atoms with Gasteiger partial charge in [-0.3, -0.25) is 0 Å². The molecule has 3 heterocycles. The van der Waals surface area contributed by atoms with Gasteiger partial charge in [0, 0.05) is 25.1 Å². The van der Waals surface area contributed by atoms with Gasteiger partial charge in [-0.25, -0.2) is 8.81 Å². The summed E-state index contributed by atoms with van der Waals surface area (Å²) in [4.78, 5) is 0. The second kappa shape index (κ2) is 6.99. The molecule has 3 nitrogen and oxygen atoms in total. The van der Waals surface area contributed by atoms with Gasteiger partial charge in [-0.1, -0.05) is 35.3 Å². The minimum absolute atomic E-state index is 0.352. The summed E-state index contributed by atoms with van der Waals surface area (Å²) in [7, 11) is 0. The van der Waals surface area contributed by atoms with Crippen molar-refractivity contribution in [1.29, 1.82) is 0 Å². The van der Waals surface area contributed by atoms with Gasteiger partial charge in [0.2, 0.25) is 5.60 Å². The molecule has 10 heteroatoms. The highest BCUT2D eigenvalue weighted by Gasteiger charge is 2.61. The van der Waals surface area contributed by atoms with E-state index in [-0.39, 0.29) is 5.56 Å². The van der Waals surface area contributed by atoms with E-state index in [1.165, 1.54) is 0 Å². The van der Waals surface area contributed by atoms with Crippen LogP contribution in [0.25, 0.3) is 5.57 Å². The molecule has 0 aromatic heterocycles. The molecule has 1 fully saturated rings. The molecule has 1 unspecified atom stereocenters. The summed E-state index contributed by atoms with van der Waals surface area (Å²) < 4.78 is 69.1. The van der Waals surface area contributed by atoms with E-state index in [4.69, 9.17) is 44.5 Å². The highest BCUT2D eigenvalue weighted by molar-refractivity contribution is 6.35. The molecule has 1 saturated heterocycles. The van der Waals surface area contributed by atoms with E-state index in [1.54, 1.807) is 10.5 Å². The summed E-state index contributed by atoms with van der Waals surface area (Å²) in [5.41, 5.74) is -0.687. The van der Waals surface area contributed by atoms with Gasteiger partial charge in [0.25, 0.3) is 0 Å². The molecule has 0 amide bonds. The second-order valence-corrected chi connectivity index (χ2v) is 9.24. The Kier molecular flexibility index (Phi) is 4.81. The Morgan fingerprint density at radius 1 is 1.03 bits per heavy atom. The number of benzene rings is 2. The van der Waals surface area contributed by atoms with Crippen molar-refractivity contribution in [3.63, 3.8) is 0 Å². The van der Waals surface area contributed by atoms with Crippen LogP contribution in [0.3, 0.4) is 0 Å². The third kappa shape index (κ3) is 3.16. The first-order valence-corrected chi connectivity index (χ1v) is 10.4. The average molecular weight is 495 g/mol. The van der Waals surface area contributed by atoms with Crippen LogP contribution >= 0.6 is 35.0 Å². The Morgan fingerprint density at radius 3 is 2.32 bits per heavy atom. The van der Waals surface area contributed by atoms with Gasteiger partial charge in [-0.05, 0) is 52.2 Å². The van der Waals surface area contributed by atoms with E-state index >= 15 is 0 Å². The number of fused-ring (bicyclic) bond motifs is 2. The van der Waals surface area contributed by atoms with Crippen LogP contribution in [0.1, 0.15) is 28.7 Å². The molecular formula is C21H14Cl3F4NO2. The number of hydrogen-bond donors (Lipinski definition) is 0. The van der Waals surface area contributed by atoms with Gasteiger partial charge in [0.15, 0.2) is 5.82 Å². The lowest BCUT2D eigenvalue weighted by molar-refractivity contribution is -0.260. The molecule has 0 bridgehead atoms. The van der Waals surface area contributed by atoms with E-state index in [9.17, 15) is 17.6 Å². The molecule has 2 aromatic rings. The summed E-state index contributed by atoms with van der Waals surface area (Å²) in [5, 5.41) is -1.01. The average Bonchev–Trinajstić information content (AvgIpc) is 3.29. The summed E-state index contributed by atoms with van der Waals surface area (Å²) >= 11 is 17.5. The van der Waals surface area contributed by atoms with Crippen LogP contribution in [0.2, 0.25) is 10.0 Å². The molecule has 5 rings (SSSR count). The molecule has 31 heavy (non-hydrogen) atoms. The zero-order valence-corrected chi connectivity index (χ0v) is 18.0. The molecule has 0 N–H and O–H groups in total. The van der Waals surface area contributed by atoms with Crippen molar-refractivity contribution in [2.45, 2.75) is 30.4 Å². The summed E-state index contributed by atoms with van der Waals surface area (Å²) in [5.74, 6) is -0.977. The first-order valence-electron chi connectivity index (χ1n) is 9.32. The summed E-state index contributed by atoms with van der Waals surface area (Å²) in [6.45, 7) is 1.46. The fraction of sp³-hybridized carbons (Fsp3) is 0.333. The first-order chi connectivity index (χ1) is 14.5. The van der Waals surface area contributed by atoms with Crippen LogP contribution in [-0.4, -0.2) is 23.7 Å². The quantitative estimate of drug-likeness (QED) is 0.269. The minimum atomic E-state index is -4.80. The predicted molar refractivity (Wildman–Crippen MR) is 108 cm³/mol. The molecule has 0 saturated carbocycles. The van der Waals surface area contributed by atoms with E-state index in [1.807, 2.05) is 12.1 Å². The van der Waals surface area contributed by atoms with Gasteiger partial charge in [0.05, 0.1) is 22.9 Å². The molecular weight excluding hydrogens is 481 g/mol. The van der Waals surface area contributed by atoms with E-state index in [0.717, 1.165) is 29.5 Å². The standard InChI is InChI=1S/C21H14Cl3F4NO2/c22-16-4-14(5-17(23)18(16)25)20(21(26,27)28)6-13(8-31-20)11-1-2-15-12(3-11)7-30-19(15)9-29(24)10-19/h1-5,8H,6-7,9-10H2. The van der Waals surface area contributed by atoms with Crippen molar-refractivity contribution in [3.8, 4) is 0 Å². The summed E-state index contributed by atoms with van der Waals surface area (Å²) in [6.07, 6.45) is -4.21. The van der Waals surface area contributed by atoms with Gasteiger partial charge in [-0.15, -0.1) is 0 Å². The fourth-order valence-corrected chi connectivity index (χ4v) is 5.28. The molecule has 164 valence electrons. The van der Waals surface area contributed by atoms with E-state index < -0.39 is 39.7 Å². The van der Waals surface area contributed by atoms with Crippen LogP contribution in [0.5, 0.6) is 0 Å². The Hall–Kier alpha value is -1.51. The molecule has 0 aliphatic carbocycles. The third-order valence-corrected chi connectivity index (χ3v) is 6.86. The topological polar surface area (TPSA) is 21.7 Å². The number of hydrogen-bond acceptors (Lipinski definition) is 3. The van der Waals surface area contributed by atoms with Crippen LogP contribution < -0.4 is 0 Å². The van der Waals surface area contributed by atoms with E-state index in [0.29, 0.717) is 30.8 Å². The highest BCUT2D eigenvalue weighted by atomic mass is 35.5. The second-order valence-electron chi connectivity index (χ2n) is 7.95. The van der Waals surface area contributed by atoms with E-state index in [2.05, 4.69) is 0 Å². The first kappa shape index (κ1) is 21.3. The molecule has 2 aromatic carbocycles. The van der Waals surface area contributed by atoms with Gasteiger partial charge in [-0.2, -0.15) is 13.2 Å². The van der Waals surface area contributed by atoms with Crippen LogP contribution in [-0.2, 0) is 27.3 Å². The molecule has 0 radical (unpaired) electrons. The van der Waals surface area contributed by atoms with Gasteiger partial charge >= 0.3 is 6.18 Å². The highest BCUT2D eigenvalue weighted by Crippen LogP contribution is 2.53. The van der Waals surface area contributed by atoms with Crippen molar-refractivity contribution < 1.29 is 27.0 Å². The number of alkyl halides is 3. The zero-order chi connectivity index (χ0) is 22.2. The Balaban J connectivity index is 1.49. The lowest BCUT2D eigenvalue weighted by Gasteiger charge is -2.43. The van der Waals surface area contributed by atoms with Gasteiger partial charge < -0.3 is 9.47 Å². The minimum Gasteiger partial charge on any atom is -0.480 e. The lowest BCUT2D eigenvalue weighted by Crippen LogP contribution is -2.54. The van der Waals surface area contributed by atoms with Crippen LogP contribution in [0, 0.1) is 5.82 Å². The smallest absolute Gasteiger partial charge is 0.432 e. The predicted octanol–water partition coefficient (Wildman–Crippen LogP) is 6.55. The molecule has 1 atom stereocenters. The molecule has 3 aliphatic heterocycles. The molecule has 3 aliphatic rings. The Labute approximate surface area is 190 Å². The Bertz CT molecular complexity index is 1090. The van der Waals surface area contributed by atoms with Crippen LogP contribution in [0.15, 0.2) is 36.6 Å². The van der Waals surface area contributed by atoms with Gasteiger partial charge in [0.1, 0.15) is 5.60 Å². The normalized spacial score (nSPS) is 24.7. The molecule has 1 spiro atoms. The van der Waals surface area contributed by atoms with Crippen molar-refractivity contribution in [2.24, 2.45) is 0 Å².